The first-order chi connectivity index (χ1) is 14.5. The maximum absolute atomic E-state index is 13.5. The molecule has 1 amide bonds. The zero-order valence-electron chi connectivity index (χ0n) is 16.2. The van der Waals surface area contributed by atoms with E-state index in [9.17, 15) is 9.59 Å². The minimum absolute atomic E-state index is 0.160. The lowest BCUT2D eigenvalue weighted by Crippen LogP contribution is -2.22. The van der Waals surface area contributed by atoms with E-state index in [2.05, 4.69) is 5.32 Å². The van der Waals surface area contributed by atoms with E-state index in [4.69, 9.17) is 23.2 Å². The van der Waals surface area contributed by atoms with Gasteiger partial charge in [0.15, 0.2) is 5.43 Å². The van der Waals surface area contributed by atoms with Gasteiger partial charge >= 0.3 is 0 Å². The number of rotatable bonds is 4. The molecule has 0 aliphatic heterocycles. The van der Waals surface area contributed by atoms with E-state index in [0.29, 0.717) is 44.5 Å². The van der Waals surface area contributed by atoms with Crippen molar-refractivity contribution in [2.75, 3.05) is 5.32 Å². The number of aromatic nitrogens is 1. The second-order valence-electron chi connectivity index (χ2n) is 6.76. The lowest BCUT2D eigenvalue weighted by Gasteiger charge is -2.20. The molecular formula is C24H18Cl2N2O2. The van der Waals surface area contributed by atoms with Gasteiger partial charge in [0, 0.05) is 17.0 Å². The average molecular weight is 437 g/mol. The smallest absolute Gasteiger partial charge is 0.258 e. The van der Waals surface area contributed by atoms with E-state index in [1.165, 1.54) is 0 Å². The lowest BCUT2D eigenvalue weighted by atomic mass is 10.0. The number of nitrogens with zero attached hydrogens (tertiary/aromatic N) is 1. The molecule has 1 aromatic heterocycles. The Morgan fingerprint density at radius 3 is 2.30 bits per heavy atom. The zero-order valence-corrected chi connectivity index (χ0v) is 17.7. The standard InChI is InChI=1S/C24H18Cl2N2O2/c1-2-28-20-10-6-4-8-18(20)22(29)21(15-11-13-16(25)14-12-15)23(28)27-24(30)17-7-3-5-9-19(17)26/h3-14H,2H2,1H3,(H,27,30). The molecule has 6 heteroatoms. The van der Waals surface area contributed by atoms with Crippen molar-refractivity contribution in [1.82, 2.24) is 4.57 Å². The van der Waals surface area contributed by atoms with Crippen molar-refractivity contribution < 1.29 is 4.79 Å². The van der Waals surface area contributed by atoms with Crippen LogP contribution in [0.4, 0.5) is 5.82 Å². The van der Waals surface area contributed by atoms with Gasteiger partial charge in [-0.05, 0) is 48.9 Å². The number of aryl methyl sites for hydroxylation is 1. The highest BCUT2D eigenvalue weighted by Gasteiger charge is 2.21. The first kappa shape index (κ1) is 20.2. The van der Waals surface area contributed by atoms with E-state index >= 15 is 0 Å². The Bertz CT molecular complexity index is 1310. The Morgan fingerprint density at radius 2 is 1.60 bits per heavy atom. The molecule has 4 aromatic rings. The van der Waals surface area contributed by atoms with E-state index in [1.807, 2.05) is 29.7 Å². The van der Waals surface area contributed by atoms with E-state index in [1.54, 1.807) is 54.6 Å². The van der Waals surface area contributed by atoms with Crippen LogP contribution in [0.1, 0.15) is 17.3 Å². The molecule has 0 spiro atoms. The number of para-hydroxylation sites is 1. The molecule has 3 aromatic carbocycles. The van der Waals surface area contributed by atoms with E-state index in [-0.39, 0.29) is 11.3 Å². The van der Waals surface area contributed by atoms with Crippen molar-refractivity contribution >= 4 is 45.8 Å². The van der Waals surface area contributed by atoms with Crippen molar-refractivity contribution in [3.8, 4) is 11.1 Å². The summed E-state index contributed by atoms with van der Waals surface area (Å²) in [6, 6.07) is 21.2. The minimum atomic E-state index is -0.382. The highest BCUT2D eigenvalue weighted by Crippen LogP contribution is 2.30. The van der Waals surface area contributed by atoms with Gasteiger partial charge in [0.25, 0.3) is 5.91 Å². The van der Waals surface area contributed by atoms with Crippen molar-refractivity contribution in [1.29, 1.82) is 0 Å². The molecule has 0 aliphatic rings. The summed E-state index contributed by atoms with van der Waals surface area (Å²) < 4.78 is 1.93. The van der Waals surface area contributed by atoms with Gasteiger partial charge in [-0.15, -0.1) is 0 Å². The number of amides is 1. The van der Waals surface area contributed by atoms with Crippen molar-refractivity contribution in [2.45, 2.75) is 13.5 Å². The fourth-order valence-corrected chi connectivity index (χ4v) is 3.91. The number of nitrogens with one attached hydrogen (secondary N) is 1. The molecule has 0 radical (unpaired) electrons. The third-order valence-electron chi connectivity index (χ3n) is 4.97. The maximum atomic E-state index is 13.5. The number of fused-ring (bicyclic) bond motifs is 1. The highest BCUT2D eigenvalue weighted by molar-refractivity contribution is 6.34. The Hall–Kier alpha value is -3.08. The Kier molecular flexibility index (Phi) is 5.62. The van der Waals surface area contributed by atoms with Crippen molar-refractivity contribution in [3.05, 3.63) is 98.6 Å². The third-order valence-corrected chi connectivity index (χ3v) is 5.55. The molecule has 0 aliphatic carbocycles. The molecule has 1 heterocycles. The molecule has 0 bridgehead atoms. The summed E-state index contributed by atoms with van der Waals surface area (Å²) in [6.07, 6.45) is 0. The summed E-state index contributed by atoms with van der Waals surface area (Å²) >= 11 is 12.3. The van der Waals surface area contributed by atoms with Gasteiger partial charge in [0.05, 0.1) is 21.7 Å². The van der Waals surface area contributed by atoms with E-state index < -0.39 is 0 Å². The average Bonchev–Trinajstić information content (AvgIpc) is 2.75. The van der Waals surface area contributed by atoms with Crippen molar-refractivity contribution in [2.24, 2.45) is 0 Å². The number of hydrogen-bond donors (Lipinski definition) is 1. The Morgan fingerprint density at radius 1 is 0.933 bits per heavy atom. The van der Waals surface area contributed by atoms with Crippen LogP contribution in [-0.2, 0) is 6.54 Å². The zero-order chi connectivity index (χ0) is 21.3. The van der Waals surface area contributed by atoms with Gasteiger partial charge in [-0.2, -0.15) is 0 Å². The summed E-state index contributed by atoms with van der Waals surface area (Å²) in [5.41, 5.74) is 2.01. The molecule has 150 valence electrons. The van der Waals surface area contributed by atoms with Crippen LogP contribution < -0.4 is 10.7 Å². The number of carbonyl (C=O) groups is 1. The number of halogens is 2. The summed E-state index contributed by atoms with van der Waals surface area (Å²) in [7, 11) is 0. The first-order valence-electron chi connectivity index (χ1n) is 9.48. The van der Waals surface area contributed by atoms with Crippen LogP contribution in [0.25, 0.3) is 22.0 Å². The quantitative estimate of drug-likeness (QED) is 0.411. The maximum Gasteiger partial charge on any atom is 0.258 e. The van der Waals surface area contributed by atoms with Gasteiger partial charge in [-0.1, -0.05) is 59.6 Å². The van der Waals surface area contributed by atoms with Crippen molar-refractivity contribution in [3.63, 3.8) is 0 Å². The molecule has 0 saturated heterocycles. The third kappa shape index (κ3) is 3.60. The fourth-order valence-electron chi connectivity index (χ4n) is 3.56. The van der Waals surface area contributed by atoms with Crippen LogP contribution >= 0.6 is 23.2 Å². The number of carbonyl (C=O) groups excluding carboxylic acids is 1. The monoisotopic (exact) mass is 436 g/mol. The lowest BCUT2D eigenvalue weighted by molar-refractivity contribution is 0.102. The second kappa shape index (κ2) is 8.34. The summed E-state index contributed by atoms with van der Waals surface area (Å²) in [4.78, 5) is 26.5. The molecule has 0 atom stereocenters. The van der Waals surface area contributed by atoms with Gasteiger partial charge in [0.2, 0.25) is 0 Å². The van der Waals surface area contributed by atoms with Crippen LogP contribution in [0.3, 0.4) is 0 Å². The number of anilines is 1. The number of hydrogen-bond acceptors (Lipinski definition) is 2. The highest BCUT2D eigenvalue weighted by atomic mass is 35.5. The SMILES string of the molecule is CCn1c(NC(=O)c2ccccc2Cl)c(-c2ccc(Cl)cc2)c(=O)c2ccccc21. The van der Waals surface area contributed by atoms with Crippen LogP contribution in [0.2, 0.25) is 10.0 Å². The number of pyridine rings is 1. The molecule has 1 N–H and O–H groups in total. The van der Waals surface area contributed by atoms with Crippen LogP contribution in [-0.4, -0.2) is 10.5 Å². The fraction of sp³-hybridized carbons (Fsp3) is 0.0833. The van der Waals surface area contributed by atoms with Gasteiger partial charge < -0.3 is 9.88 Å². The number of benzene rings is 3. The van der Waals surface area contributed by atoms with Gasteiger partial charge in [0.1, 0.15) is 5.82 Å². The molecule has 0 fully saturated rings. The minimum Gasteiger partial charge on any atom is -0.327 e. The second-order valence-corrected chi connectivity index (χ2v) is 7.60. The molecule has 0 saturated carbocycles. The predicted molar refractivity (Wildman–Crippen MR) is 124 cm³/mol. The predicted octanol–water partition coefficient (Wildman–Crippen LogP) is 6.25. The van der Waals surface area contributed by atoms with Gasteiger partial charge in [-0.3, -0.25) is 9.59 Å². The summed E-state index contributed by atoms with van der Waals surface area (Å²) in [6.45, 7) is 2.52. The molecular weight excluding hydrogens is 419 g/mol. The molecule has 4 nitrogen and oxygen atoms in total. The molecule has 0 unspecified atom stereocenters. The van der Waals surface area contributed by atoms with Crippen LogP contribution in [0.5, 0.6) is 0 Å². The largest absolute Gasteiger partial charge is 0.327 e. The Labute approximate surface area is 183 Å². The first-order valence-corrected chi connectivity index (χ1v) is 10.2. The summed E-state index contributed by atoms with van der Waals surface area (Å²) in [5, 5.41) is 4.43. The molecule has 30 heavy (non-hydrogen) atoms. The summed E-state index contributed by atoms with van der Waals surface area (Å²) in [5.74, 6) is 0.0427. The van der Waals surface area contributed by atoms with Crippen LogP contribution in [0, 0.1) is 0 Å². The van der Waals surface area contributed by atoms with Gasteiger partial charge in [-0.25, -0.2) is 0 Å². The topological polar surface area (TPSA) is 51.1 Å². The Balaban J connectivity index is 2.00. The molecule has 4 rings (SSSR count). The van der Waals surface area contributed by atoms with Crippen LogP contribution in [0.15, 0.2) is 77.6 Å². The van der Waals surface area contributed by atoms with E-state index in [0.717, 1.165) is 5.52 Å². The normalized spacial score (nSPS) is 10.9.